The normalized spacial score (nSPS) is 20.0. The van der Waals surface area contributed by atoms with Gasteiger partial charge in [-0.3, -0.25) is 10.1 Å². The molecule has 0 bridgehead atoms. The van der Waals surface area contributed by atoms with E-state index in [2.05, 4.69) is 38.0 Å². The van der Waals surface area contributed by atoms with E-state index in [1.54, 1.807) is 12.1 Å². The predicted molar refractivity (Wildman–Crippen MR) is 75.6 cm³/mol. The first-order chi connectivity index (χ1) is 9.25. The topological polar surface area (TPSA) is 81.2 Å². The number of nitrogens with one attached hydrogen (secondary N) is 1. The molecule has 0 atom stereocenters. The van der Waals surface area contributed by atoms with E-state index in [0.29, 0.717) is 11.6 Å². The molecule has 0 saturated heterocycles. The van der Waals surface area contributed by atoms with Crippen molar-refractivity contribution in [2.75, 3.05) is 5.32 Å². The number of nitro benzene ring substituents is 1. The largest absolute Gasteiger partial charge is 0.423 e. The van der Waals surface area contributed by atoms with Crippen LogP contribution in [0.3, 0.4) is 0 Å². The SMILES string of the molecule is CC1(C)C(Nc2nc3c([N+](=O)[O-])cccc3o2)C1(C)C. The molecule has 1 aromatic carbocycles. The van der Waals surface area contributed by atoms with Gasteiger partial charge in [-0.2, -0.15) is 4.98 Å². The molecule has 1 aliphatic rings. The summed E-state index contributed by atoms with van der Waals surface area (Å²) in [5.41, 5.74) is 0.960. The Bertz CT molecular complexity index is 689. The minimum Gasteiger partial charge on any atom is -0.423 e. The van der Waals surface area contributed by atoms with Crippen molar-refractivity contribution >= 4 is 22.8 Å². The second kappa shape index (κ2) is 3.71. The van der Waals surface area contributed by atoms with E-state index in [-0.39, 0.29) is 28.1 Å². The molecule has 1 N–H and O–H groups in total. The fourth-order valence-corrected chi connectivity index (χ4v) is 2.82. The summed E-state index contributed by atoms with van der Waals surface area (Å²) in [5, 5.41) is 14.2. The number of non-ortho nitro benzene ring substituents is 1. The van der Waals surface area contributed by atoms with Gasteiger partial charge in [-0.05, 0) is 16.9 Å². The summed E-state index contributed by atoms with van der Waals surface area (Å²) < 4.78 is 5.57. The molecule has 6 heteroatoms. The van der Waals surface area contributed by atoms with Gasteiger partial charge < -0.3 is 9.73 Å². The van der Waals surface area contributed by atoms with Gasteiger partial charge in [0.15, 0.2) is 11.1 Å². The molecule has 6 nitrogen and oxygen atoms in total. The van der Waals surface area contributed by atoms with Gasteiger partial charge in [-0.1, -0.05) is 33.8 Å². The average Bonchev–Trinajstić information content (AvgIpc) is 2.68. The van der Waals surface area contributed by atoms with Crippen molar-refractivity contribution in [1.29, 1.82) is 0 Å². The third-order valence-electron chi connectivity index (χ3n) is 4.88. The molecule has 0 spiro atoms. The maximum Gasteiger partial charge on any atom is 0.298 e. The maximum atomic E-state index is 11.0. The summed E-state index contributed by atoms with van der Waals surface area (Å²) in [4.78, 5) is 14.7. The third-order valence-corrected chi connectivity index (χ3v) is 4.88. The van der Waals surface area contributed by atoms with Crippen LogP contribution in [0.25, 0.3) is 11.1 Å². The molecular weight excluding hydrogens is 258 g/mol. The van der Waals surface area contributed by atoms with Crippen molar-refractivity contribution in [2.45, 2.75) is 33.7 Å². The molecule has 0 aliphatic heterocycles. The van der Waals surface area contributed by atoms with E-state index in [1.165, 1.54) is 6.07 Å². The van der Waals surface area contributed by atoms with Gasteiger partial charge in [0.25, 0.3) is 11.7 Å². The number of nitro groups is 1. The van der Waals surface area contributed by atoms with Crippen LogP contribution in [0.15, 0.2) is 22.6 Å². The Labute approximate surface area is 116 Å². The van der Waals surface area contributed by atoms with Crippen LogP contribution >= 0.6 is 0 Å². The van der Waals surface area contributed by atoms with Crippen LogP contribution in [0, 0.1) is 20.9 Å². The highest BCUT2D eigenvalue weighted by Gasteiger charge is 2.65. The van der Waals surface area contributed by atoms with E-state index >= 15 is 0 Å². The lowest BCUT2D eigenvalue weighted by Gasteiger charge is -2.02. The van der Waals surface area contributed by atoms with E-state index in [1.807, 2.05) is 0 Å². The predicted octanol–water partition coefficient (Wildman–Crippen LogP) is 3.58. The third kappa shape index (κ3) is 1.60. The molecule has 3 rings (SSSR count). The molecule has 0 unspecified atom stereocenters. The van der Waals surface area contributed by atoms with Crippen LogP contribution in [-0.4, -0.2) is 15.9 Å². The summed E-state index contributed by atoms with van der Waals surface area (Å²) in [7, 11) is 0. The summed E-state index contributed by atoms with van der Waals surface area (Å²) >= 11 is 0. The number of fused-ring (bicyclic) bond motifs is 1. The first-order valence-electron chi connectivity index (χ1n) is 6.55. The van der Waals surface area contributed by atoms with Crippen LogP contribution in [0.5, 0.6) is 0 Å². The Kier molecular flexibility index (Phi) is 2.39. The molecule has 0 radical (unpaired) electrons. The quantitative estimate of drug-likeness (QED) is 0.684. The molecule has 1 heterocycles. The van der Waals surface area contributed by atoms with E-state index < -0.39 is 4.92 Å². The van der Waals surface area contributed by atoms with Crippen LogP contribution in [0.2, 0.25) is 0 Å². The number of aromatic nitrogens is 1. The van der Waals surface area contributed by atoms with Gasteiger partial charge in [0.05, 0.1) is 4.92 Å². The Morgan fingerprint density at radius 1 is 1.30 bits per heavy atom. The Morgan fingerprint density at radius 2 is 1.95 bits per heavy atom. The molecule has 1 fully saturated rings. The summed E-state index contributed by atoms with van der Waals surface area (Å²) in [6.07, 6.45) is 0. The Balaban J connectivity index is 1.95. The zero-order valence-electron chi connectivity index (χ0n) is 11.9. The van der Waals surface area contributed by atoms with Gasteiger partial charge in [0, 0.05) is 12.1 Å². The van der Waals surface area contributed by atoms with E-state index in [4.69, 9.17) is 4.42 Å². The summed E-state index contributed by atoms with van der Waals surface area (Å²) in [6.45, 7) is 8.71. The first-order valence-corrected chi connectivity index (χ1v) is 6.55. The highest BCUT2D eigenvalue weighted by molar-refractivity contribution is 5.84. The number of anilines is 1. The van der Waals surface area contributed by atoms with Crippen molar-refractivity contribution in [3.63, 3.8) is 0 Å². The number of nitrogens with zero attached hydrogens (tertiary/aromatic N) is 2. The van der Waals surface area contributed by atoms with E-state index in [0.717, 1.165) is 0 Å². The number of rotatable bonds is 3. The molecule has 1 saturated carbocycles. The minimum absolute atomic E-state index is 0.0337. The zero-order valence-corrected chi connectivity index (χ0v) is 11.9. The summed E-state index contributed by atoms with van der Waals surface area (Å²) in [6, 6.07) is 5.30. The molecule has 1 aromatic heterocycles. The zero-order chi connectivity index (χ0) is 14.7. The second-order valence-electron chi connectivity index (χ2n) is 6.42. The fraction of sp³-hybridized carbons (Fsp3) is 0.500. The number of benzene rings is 1. The molecule has 2 aromatic rings. The first kappa shape index (κ1) is 12.9. The number of hydrogen-bond acceptors (Lipinski definition) is 5. The van der Waals surface area contributed by atoms with Gasteiger partial charge in [0.1, 0.15) is 0 Å². The van der Waals surface area contributed by atoms with Crippen LogP contribution in [0.4, 0.5) is 11.7 Å². The van der Waals surface area contributed by atoms with Crippen molar-refractivity contribution in [3.05, 3.63) is 28.3 Å². The molecular formula is C14H17N3O3. The summed E-state index contributed by atoms with van der Waals surface area (Å²) in [5.74, 6) is 0. The Hall–Kier alpha value is -2.11. The smallest absolute Gasteiger partial charge is 0.298 e. The van der Waals surface area contributed by atoms with Crippen LogP contribution in [0.1, 0.15) is 27.7 Å². The number of hydrogen-bond donors (Lipinski definition) is 1. The van der Waals surface area contributed by atoms with Crippen molar-refractivity contribution in [2.24, 2.45) is 10.8 Å². The van der Waals surface area contributed by atoms with Crippen LogP contribution < -0.4 is 5.32 Å². The van der Waals surface area contributed by atoms with Gasteiger partial charge in [-0.25, -0.2) is 0 Å². The average molecular weight is 275 g/mol. The molecule has 0 amide bonds. The van der Waals surface area contributed by atoms with Crippen molar-refractivity contribution in [1.82, 2.24) is 4.98 Å². The van der Waals surface area contributed by atoms with Gasteiger partial charge in [0.2, 0.25) is 0 Å². The monoisotopic (exact) mass is 275 g/mol. The highest BCUT2D eigenvalue weighted by atomic mass is 16.6. The Morgan fingerprint density at radius 3 is 2.50 bits per heavy atom. The fourth-order valence-electron chi connectivity index (χ4n) is 2.82. The molecule has 106 valence electrons. The lowest BCUT2D eigenvalue weighted by molar-refractivity contribution is -0.383. The second-order valence-corrected chi connectivity index (χ2v) is 6.42. The lowest BCUT2D eigenvalue weighted by atomic mass is 10.0. The highest BCUT2D eigenvalue weighted by Crippen LogP contribution is 2.63. The molecule has 20 heavy (non-hydrogen) atoms. The maximum absolute atomic E-state index is 11.0. The lowest BCUT2D eigenvalue weighted by Crippen LogP contribution is -2.10. The van der Waals surface area contributed by atoms with Gasteiger partial charge in [-0.15, -0.1) is 0 Å². The minimum atomic E-state index is -0.445. The standard InChI is InChI=1S/C14H17N3O3/c1-13(2)11(14(13,3)4)16-12-15-10-8(17(18)19)6-5-7-9(10)20-12/h5-7,11H,1-4H3,(H,15,16). The van der Waals surface area contributed by atoms with E-state index in [9.17, 15) is 10.1 Å². The number of oxazole rings is 1. The van der Waals surface area contributed by atoms with Crippen molar-refractivity contribution < 1.29 is 9.34 Å². The van der Waals surface area contributed by atoms with Gasteiger partial charge >= 0.3 is 0 Å². The van der Waals surface area contributed by atoms with Crippen LogP contribution in [-0.2, 0) is 0 Å². The molecule has 1 aliphatic carbocycles. The van der Waals surface area contributed by atoms with Crippen molar-refractivity contribution in [3.8, 4) is 0 Å². The number of para-hydroxylation sites is 1.